The zero-order valence-electron chi connectivity index (χ0n) is 12.1. The zero-order valence-corrected chi connectivity index (χ0v) is 12.9. The number of carbonyl (C=O) groups excluding carboxylic acids is 1. The lowest BCUT2D eigenvalue weighted by atomic mass is 10.1. The van der Waals surface area contributed by atoms with Crippen LogP contribution >= 0.6 is 11.3 Å². The molecule has 6 heteroatoms. The molecular formula is C15H17N3O2S. The van der Waals surface area contributed by atoms with E-state index in [1.807, 2.05) is 30.2 Å². The van der Waals surface area contributed by atoms with E-state index in [0.29, 0.717) is 25.3 Å². The van der Waals surface area contributed by atoms with Crippen LogP contribution in [0.5, 0.6) is 0 Å². The quantitative estimate of drug-likeness (QED) is 0.854. The summed E-state index contributed by atoms with van der Waals surface area (Å²) < 4.78 is 5.54. The van der Waals surface area contributed by atoms with Crippen molar-refractivity contribution in [3.63, 3.8) is 0 Å². The van der Waals surface area contributed by atoms with Crippen LogP contribution in [0.25, 0.3) is 0 Å². The predicted molar refractivity (Wildman–Crippen MR) is 80.4 cm³/mol. The molecule has 1 fully saturated rings. The van der Waals surface area contributed by atoms with Crippen molar-refractivity contribution in [3.8, 4) is 0 Å². The number of aromatic nitrogens is 2. The van der Waals surface area contributed by atoms with Crippen LogP contribution in [0, 0.1) is 13.8 Å². The summed E-state index contributed by atoms with van der Waals surface area (Å²) in [5, 5.41) is 3.00. The maximum atomic E-state index is 12.7. The van der Waals surface area contributed by atoms with Gasteiger partial charge < -0.3 is 9.64 Å². The summed E-state index contributed by atoms with van der Waals surface area (Å²) >= 11 is 1.59. The number of ether oxygens (including phenoxy) is 1. The van der Waals surface area contributed by atoms with Crippen molar-refractivity contribution >= 4 is 17.2 Å². The number of aryl methyl sites for hydroxylation is 2. The van der Waals surface area contributed by atoms with Gasteiger partial charge in [-0.05, 0) is 25.5 Å². The Bertz CT molecular complexity index is 656. The molecule has 5 nitrogen and oxygen atoms in total. The van der Waals surface area contributed by atoms with E-state index in [-0.39, 0.29) is 11.9 Å². The van der Waals surface area contributed by atoms with E-state index in [0.717, 1.165) is 16.3 Å². The number of morpholine rings is 1. The SMILES string of the molecule is Cc1cncc(C(=O)N2CCOC[C@@H]2c2csc(C)n2)c1. The number of thiazole rings is 1. The molecule has 0 unspecified atom stereocenters. The third-order valence-electron chi connectivity index (χ3n) is 3.49. The van der Waals surface area contributed by atoms with Gasteiger partial charge in [0.05, 0.1) is 35.5 Å². The Kier molecular flexibility index (Phi) is 3.98. The molecule has 1 aliphatic heterocycles. The van der Waals surface area contributed by atoms with Crippen LogP contribution in [0.3, 0.4) is 0 Å². The second kappa shape index (κ2) is 5.91. The molecule has 2 aromatic heterocycles. The summed E-state index contributed by atoms with van der Waals surface area (Å²) in [6.07, 6.45) is 3.37. The molecule has 1 amide bonds. The Morgan fingerprint density at radius 1 is 1.43 bits per heavy atom. The fraction of sp³-hybridized carbons (Fsp3) is 0.400. The predicted octanol–water partition coefficient (Wildman–Crippen LogP) is 2.37. The van der Waals surface area contributed by atoms with Gasteiger partial charge in [0, 0.05) is 24.3 Å². The Hall–Kier alpha value is -1.79. The minimum absolute atomic E-state index is 0.00912. The van der Waals surface area contributed by atoms with Gasteiger partial charge in [-0.2, -0.15) is 0 Å². The summed E-state index contributed by atoms with van der Waals surface area (Å²) in [5.41, 5.74) is 2.51. The molecule has 1 aliphatic rings. The first kappa shape index (κ1) is 14.2. The van der Waals surface area contributed by atoms with E-state index in [2.05, 4.69) is 9.97 Å². The highest BCUT2D eigenvalue weighted by atomic mass is 32.1. The van der Waals surface area contributed by atoms with E-state index >= 15 is 0 Å². The van der Waals surface area contributed by atoms with Crippen molar-refractivity contribution in [2.75, 3.05) is 19.8 Å². The minimum atomic E-state index is -0.114. The molecule has 3 rings (SSSR count). The highest BCUT2D eigenvalue weighted by molar-refractivity contribution is 7.09. The normalized spacial score (nSPS) is 18.8. The molecule has 0 saturated carbocycles. The van der Waals surface area contributed by atoms with Gasteiger partial charge in [-0.15, -0.1) is 11.3 Å². The number of hydrogen-bond donors (Lipinski definition) is 0. The van der Waals surface area contributed by atoms with Crippen molar-refractivity contribution in [2.45, 2.75) is 19.9 Å². The molecule has 1 saturated heterocycles. The molecule has 21 heavy (non-hydrogen) atoms. The van der Waals surface area contributed by atoms with E-state index < -0.39 is 0 Å². The first-order valence-electron chi connectivity index (χ1n) is 6.87. The topological polar surface area (TPSA) is 55.3 Å². The lowest BCUT2D eigenvalue weighted by Gasteiger charge is -2.34. The van der Waals surface area contributed by atoms with Crippen LogP contribution in [-0.2, 0) is 4.74 Å². The average molecular weight is 303 g/mol. The maximum Gasteiger partial charge on any atom is 0.256 e. The van der Waals surface area contributed by atoms with Crippen LogP contribution in [0.2, 0.25) is 0 Å². The molecule has 0 radical (unpaired) electrons. The molecule has 1 atom stereocenters. The first-order valence-corrected chi connectivity index (χ1v) is 7.75. The fourth-order valence-electron chi connectivity index (χ4n) is 2.46. The summed E-state index contributed by atoms with van der Waals surface area (Å²) in [5.74, 6) is -0.00912. The number of hydrogen-bond acceptors (Lipinski definition) is 5. The summed E-state index contributed by atoms with van der Waals surface area (Å²) in [7, 11) is 0. The maximum absolute atomic E-state index is 12.7. The van der Waals surface area contributed by atoms with Gasteiger partial charge in [0.15, 0.2) is 0 Å². The van der Waals surface area contributed by atoms with E-state index in [4.69, 9.17) is 4.74 Å². The molecule has 2 aromatic rings. The number of nitrogens with zero attached hydrogens (tertiary/aromatic N) is 3. The summed E-state index contributed by atoms with van der Waals surface area (Å²) in [6, 6.07) is 1.76. The summed E-state index contributed by atoms with van der Waals surface area (Å²) in [4.78, 5) is 23.2. The van der Waals surface area contributed by atoms with E-state index in [1.165, 1.54) is 0 Å². The van der Waals surface area contributed by atoms with Crippen molar-refractivity contribution in [1.29, 1.82) is 0 Å². The highest BCUT2D eigenvalue weighted by Crippen LogP contribution is 2.27. The van der Waals surface area contributed by atoms with E-state index in [9.17, 15) is 4.79 Å². The standard InChI is InChI=1S/C15H17N3O2S/c1-10-5-12(7-16-6-10)15(19)18-3-4-20-8-14(18)13-9-21-11(2)17-13/h5-7,9,14H,3-4,8H2,1-2H3/t14-/m1/s1. The van der Waals surface area contributed by atoms with E-state index in [1.54, 1.807) is 23.7 Å². The van der Waals surface area contributed by atoms with Gasteiger partial charge in [-0.1, -0.05) is 0 Å². The van der Waals surface area contributed by atoms with Gasteiger partial charge in [-0.25, -0.2) is 4.98 Å². The van der Waals surface area contributed by atoms with Crippen LogP contribution in [0.15, 0.2) is 23.8 Å². The molecule has 0 bridgehead atoms. The van der Waals surface area contributed by atoms with Gasteiger partial charge in [-0.3, -0.25) is 9.78 Å². The first-order chi connectivity index (χ1) is 10.1. The van der Waals surface area contributed by atoms with Crippen molar-refractivity contribution < 1.29 is 9.53 Å². The van der Waals surface area contributed by atoms with Crippen LogP contribution < -0.4 is 0 Å². The zero-order chi connectivity index (χ0) is 14.8. The van der Waals surface area contributed by atoms with Gasteiger partial charge in [0.25, 0.3) is 5.91 Å². The lowest BCUT2D eigenvalue weighted by Crippen LogP contribution is -2.43. The number of pyridine rings is 1. The third kappa shape index (κ3) is 2.96. The number of carbonyl (C=O) groups is 1. The van der Waals surface area contributed by atoms with Crippen molar-refractivity contribution in [2.24, 2.45) is 0 Å². The lowest BCUT2D eigenvalue weighted by molar-refractivity contribution is -0.00378. The van der Waals surface area contributed by atoms with Crippen molar-refractivity contribution in [3.05, 3.63) is 45.7 Å². The Morgan fingerprint density at radius 3 is 3.00 bits per heavy atom. The Labute approximate surface area is 127 Å². The second-order valence-electron chi connectivity index (χ2n) is 5.13. The average Bonchev–Trinajstić information content (AvgIpc) is 2.93. The fourth-order valence-corrected chi connectivity index (χ4v) is 3.12. The number of amides is 1. The summed E-state index contributed by atoms with van der Waals surface area (Å²) in [6.45, 7) is 5.53. The Balaban J connectivity index is 1.89. The molecule has 0 N–H and O–H groups in total. The molecule has 110 valence electrons. The Morgan fingerprint density at radius 2 is 2.29 bits per heavy atom. The molecule has 0 aromatic carbocycles. The molecule has 0 spiro atoms. The van der Waals surface area contributed by atoms with Gasteiger partial charge in [0.1, 0.15) is 0 Å². The monoisotopic (exact) mass is 303 g/mol. The van der Waals surface area contributed by atoms with Crippen molar-refractivity contribution in [1.82, 2.24) is 14.9 Å². The largest absolute Gasteiger partial charge is 0.377 e. The third-order valence-corrected chi connectivity index (χ3v) is 4.28. The number of rotatable bonds is 2. The van der Waals surface area contributed by atoms with Crippen LogP contribution in [0.4, 0.5) is 0 Å². The second-order valence-corrected chi connectivity index (χ2v) is 6.19. The molecule has 3 heterocycles. The smallest absolute Gasteiger partial charge is 0.256 e. The van der Waals surface area contributed by atoms with Crippen LogP contribution in [-0.4, -0.2) is 40.5 Å². The van der Waals surface area contributed by atoms with Gasteiger partial charge >= 0.3 is 0 Å². The molecular weight excluding hydrogens is 286 g/mol. The highest BCUT2D eigenvalue weighted by Gasteiger charge is 2.31. The van der Waals surface area contributed by atoms with Crippen LogP contribution in [0.1, 0.15) is 32.7 Å². The van der Waals surface area contributed by atoms with Gasteiger partial charge in [0.2, 0.25) is 0 Å². The molecule has 0 aliphatic carbocycles. The minimum Gasteiger partial charge on any atom is -0.377 e.